The fourth-order valence-electron chi connectivity index (χ4n) is 2.87. The molecule has 0 unspecified atom stereocenters. The summed E-state index contributed by atoms with van der Waals surface area (Å²) in [4.78, 5) is 10.8. The summed E-state index contributed by atoms with van der Waals surface area (Å²) in [7, 11) is 1.50. The van der Waals surface area contributed by atoms with Gasteiger partial charge in [0.25, 0.3) is 0 Å². The van der Waals surface area contributed by atoms with Gasteiger partial charge in [0.1, 0.15) is 11.2 Å². The lowest BCUT2D eigenvalue weighted by atomic mass is 10.1. The monoisotopic (exact) mass is 468 g/mol. The molecule has 0 fully saturated rings. The van der Waals surface area contributed by atoms with E-state index >= 15 is 0 Å². The summed E-state index contributed by atoms with van der Waals surface area (Å²) in [6.07, 6.45) is 4.02. The zero-order chi connectivity index (χ0) is 20.2. The maximum Gasteiger partial charge on any atom is 0.172 e. The minimum absolute atomic E-state index is 0.0549. The first-order chi connectivity index (χ1) is 14.1. The van der Waals surface area contributed by atoms with E-state index in [1.165, 1.54) is 23.9 Å². The van der Waals surface area contributed by atoms with Crippen LogP contribution in [-0.2, 0) is 6.42 Å². The van der Waals surface area contributed by atoms with E-state index in [1.54, 1.807) is 29.7 Å². The lowest BCUT2D eigenvalue weighted by Crippen LogP contribution is -1.95. The second-order valence-corrected chi connectivity index (χ2v) is 8.21. The Labute approximate surface area is 180 Å². The van der Waals surface area contributed by atoms with Crippen LogP contribution in [0.5, 0.6) is 11.5 Å². The van der Waals surface area contributed by atoms with Crippen molar-refractivity contribution in [2.45, 2.75) is 6.42 Å². The van der Waals surface area contributed by atoms with Gasteiger partial charge in [-0.05, 0) is 45.3 Å². The molecule has 0 aliphatic carbocycles. The van der Waals surface area contributed by atoms with Gasteiger partial charge in [-0.3, -0.25) is 5.43 Å². The molecule has 0 amide bonds. The molecular formula is C21H17BrN4O2S. The number of nitrogens with zero attached hydrogens (tertiary/aromatic N) is 3. The first-order valence-corrected chi connectivity index (χ1v) is 10.4. The summed E-state index contributed by atoms with van der Waals surface area (Å²) in [5.41, 5.74) is 5.01. The highest BCUT2D eigenvalue weighted by Crippen LogP contribution is 2.35. The molecule has 8 heteroatoms. The van der Waals surface area contributed by atoms with Gasteiger partial charge in [0.05, 0.1) is 23.2 Å². The summed E-state index contributed by atoms with van der Waals surface area (Å²) < 4.78 is 5.69. The van der Waals surface area contributed by atoms with Crippen LogP contribution in [0.3, 0.4) is 0 Å². The van der Waals surface area contributed by atoms with Gasteiger partial charge in [-0.1, -0.05) is 30.3 Å². The third-order valence-electron chi connectivity index (χ3n) is 4.26. The SMILES string of the molecule is COc1cc(C=NNc2ncnc3sc(Cc4ccccc4)cc23)cc(Br)c1O. The molecule has 6 nitrogen and oxygen atoms in total. The average molecular weight is 469 g/mol. The van der Waals surface area contributed by atoms with E-state index in [1.807, 2.05) is 18.2 Å². The van der Waals surface area contributed by atoms with Crippen LogP contribution in [0, 0.1) is 0 Å². The van der Waals surface area contributed by atoms with Crippen molar-refractivity contribution in [3.05, 3.63) is 75.3 Å². The van der Waals surface area contributed by atoms with E-state index in [9.17, 15) is 5.11 Å². The molecule has 0 saturated heterocycles. The summed E-state index contributed by atoms with van der Waals surface area (Å²) in [5.74, 6) is 1.07. The fourth-order valence-corrected chi connectivity index (χ4v) is 4.36. The van der Waals surface area contributed by atoms with Crippen LogP contribution < -0.4 is 10.2 Å². The minimum Gasteiger partial charge on any atom is -0.503 e. The van der Waals surface area contributed by atoms with Crippen molar-refractivity contribution in [3.8, 4) is 11.5 Å². The van der Waals surface area contributed by atoms with E-state index in [4.69, 9.17) is 4.74 Å². The molecule has 2 heterocycles. The predicted molar refractivity (Wildman–Crippen MR) is 120 cm³/mol. The Morgan fingerprint density at radius 3 is 2.83 bits per heavy atom. The van der Waals surface area contributed by atoms with Crippen LogP contribution in [0.2, 0.25) is 0 Å². The van der Waals surface area contributed by atoms with Crippen molar-refractivity contribution in [2.24, 2.45) is 5.10 Å². The molecule has 2 aromatic carbocycles. The van der Waals surface area contributed by atoms with Crippen molar-refractivity contribution < 1.29 is 9.84 Å². The zero-order valence-corrected chi connectivity index (χ0v) is 17.9. The number of hydrazone groups is 1. The number of fused-ring (bicyclic) bond motifs is 1. The Morgan fingerprint density at radius 1 is 1.21 bits per heavy atom. The van der Waals surface area contributed by atoms with Crippen molar-refractivity contribution in [2.75, 3.05) is 12.5 Å². The number of benzene rings is 2. The lowest BCUT2D eigenvalue weighted by Gasteiger charge is -2.06. The van der Waals surface area contributed by atoms with E-state index in [0.717, 1.165) is 22.2 Å². The van der Waals surface area contributed by atoms with Crippen LogP contribution in [0.15, 0.2) is 64.4 Å². The Bertz CT molecular complexity index is 1180. The number of anilines is 1. The Hall–Kier alpha value is -2.97. The Kier molecular flexibility index (Phi) is 5.73. The minimum atomic E-state index is 0.0549. The number of phenolic OH excluding ortho intramolecular Hbond substituents is 1. The number of nitrogens with one attached hydrogen (secondary N) is 1. The number of methoxy groups -OCH3 is 1. The molecule has 0 atom stereocenters. The first kappa shape index (κ1) is 19.4. The molecule has 0 aliphatic rings. The molecule has 29 heavy (non-hydrogen) atoms. The predicted octanol–water partition coefficient (Wildman–Crippen LogP) is 5.20. The zero-order valence-electron chi connectivity index (χ0n) is 15.5. The van der Waals surface area contributed by atoms with Crippen molar-refractivity contribution >= 4 is 49.5 Å². The number of aromatic nitrogens is 2. The third-order valence-corrected chi connectivity index (χ3v) is 5.90. The highest BCUT2D eigenvalue weighted by atomic mass is 79.9. The van der Waals surface area contributed by atoms with Crippen LogP contribution in [0.25, 0.3) is 10.2 Å². The van der Waals surface area contributed by atoms with Gasteiger partial charge in [0.2, 0.25) is 0 Å². The van der Waals surface area contributed by atoms with Gasteiger partial charge in [0.15, 0.2) is 17.3 Å². The topological polar surface area (TPSA) is 79.6 Å². The standard InChI is InChI=1S/C21H17BrN4O2S/c1-28-18-9-14(8-17(22)19(18)27)11-25-26-20-16-10-15(29-21(16)24-12-23-20)7-13-5-3-2-4-6-13/h2-6,8-12,27H,7H2,1H3,(H,23,24,26). The smallest absolute Gasteiger partial charge is 0.172 e. The molecule has 2 aromatic heterocycles. The average Bonchev–Trinajstić information content (AvgIpc) is 3.14. The maximum absolute atomic E-state index is 9.90. The van der Waals surface area contributed by atoms with Crippen LogP contribution in [0.4, 0.5) is 5.82 Å². The summed E-state index contributed by atoms with van der Waals surface area (Å²) in [6.45, 7) is 0. The van der Waals surface area contributed by atoms with Crippen molar-refractivity contribution in [3.63, 3.8) is 0 Å². The van der Waals surface area contributed by atoms with E-state index in [2.05, 4.69) is 54.6 Å². The molecule has 0 spiro atoms. The number of phenols is 1. The van der Waals surface area contributed by atoms with E-state index in [-0.39, 0.29) is 5.75 Å². The molecule has 2 N–H and O–H groups in total. The highest BCUT2D eigenvalue weighted by molar-refractivity contribution is 9.10. The van der Waals surface area contributed by atoms with Gasteiger partial charge in [-0.2, -0.15) is 5.10 Å². The second-order valence-electron chi connectivity index (χ2n) is 6.24. The van der Waals surface area contributed by atoms with Gasteiger partial charge in [-0.15, -0.1) is 11.3 Å². The molecule has 4 aromatic rings. The highest BCUT2D eigenvalue weighted by Gasteiger charge is 2.10. The number of ether oxygens (including phenoxy) is 1. The number of aromatic hydroxyl groups is 1. The molecule has 0 bridgehead atoms. The largest absolute Gasteiger partial charge is 0.503 e. The maximum atomic E-state index is 9.90. The summed E-state index contributed by atoms with van der Waals surface area (Å²) in [5, 5.41) is 15.1. The Morgan fingerprint density at radius 2 is 2.03 bits per heavy atom. The van der Waals surface area contributed by atoms with Crippen LogP contribution in [0.1, 0.15) is 16.0 Å². The van der Waals surface area contributed by atoms with Gasteiger partial charge >= 0.3 is 0 Å². The quantitative estimate of drug-likeness (QED) is 0.300. The molecule has 146 valence electrons. The number of halogens is 1. The van der Waals surface area contributed by atoms with E-state index in [0.29, 0.717) is 16.0 Å². The normalized spacial score (nSPS) is 11.2. The number of hydrogen-bond donors (Lipinski definition) is 2. The van der Waals surface area contributed by atoms with Gasteiger partial charge in [0, 0.05) is 11.3 Å². The number of hydrogen-bond acceptors (Lipinski definition) is 7. The number of rotatable bonds is 6. The van der Waals surface area contributed by atoms with Crippen LogP contribution in [-0.4, -0.2) is 28.4 Å². The Balaban J connectivity index is 1.55. The van der Waals surface area contributed by atoms with Gasteiger partial charge in [-0.25, -0.2) is 9.97 Å². The second kappa shape index (κ2) is 8.59. The molecule has 4 rings (SSSR count). The fraction of sp³-hybridized carbons (Fsp3) is 0.0952. The molecule has 0 saturated carbocycles. The molecule has 0 radical (unpaired) electrons. The summed E-state index contributed by atoms with van der Waals surface area (Å²) in [6, 6.07) is 15.9. The van der Waals surface area contributed by atoms with Gasteiger partial charge < -0.3 is 9.84 Å². The first-order valence-electron chi connectivity index (χ1n) is 8.77. The van der Waals surface area contributed by atoms with Crippen LogP contribution >= 0.6 is 27.3 Å². The molecule has 0 aliphatic heterocycles. The van der Waals surface area contributed by atoms with Crippen molar-refractivity contribution in [1.29, 1.82) is 0 Å². The van der Waals surface area contributed by atoms with E-state index < -0.39 is 0 Å². The van der Waals surface area contributed by atoms with Crippen molar-refractivity contribution in [1.82, 2.24) is 9.97 Å². The molecular weight excluding hydrogens is 452 g/mol. The third kappa shape index (κ3) is 4.38. The summed E-state index contributed by atoms with van der Waals surface area (Å²) >= 11 is 4.96. The lowest BCUT2D eigenvalue weighted by molar-refractivity contribution is 0.372. The number of thiophene rings is 1.